The molecule has 0 atom stereocenters. The first-order chi connectivity index (χ1) is 12.0. The molecular formula is C18H16Cl2N4O. The maximum absolute atomic E-state index is 12.6. The van der Waals surface area contributed by atoms with Gasteiger partial charge in [0.1, 0.15) is 6.07 Å². The zero-order valence-electron chi connectivity index (χ0n) is 13.4. The number of piperazine rings is 1. The summed E-state index contributed by atoms with van der Waals surface area (Å²) >= 11 is 11.9. The van der Waals surface area contributed by atoms with Crippen LogP contribution >= 0.6 is 23.2 Å². The number of carbonyl (C=O) groups is 1. The molecule has 1 fully saturated rings. The van der Waals surface area contributed by atoms with Crippen LogP contribution in [-0.2, 0) is 0 Å². The number of nitrogens with zero attached hydrogens (tertiary/aromatic N) is 3. The molecule has 0 aliphatic carbocycles. The van der Waals surface area contributed by atoms with Gasteiger partial charge in [-0.3, -0.25) is 4.79 Å². The van der Waals surface area contributed by atoms with E-state index in [2.05, 4.69) is 11.0 Å². The first-order valence-corrected chi connectivity index (χ1v) is 8.54. The van der Waals surface area contributed by atoms with E-state index in [0.717, 1.165) is 5.69 Å². The van der Waals surface area contributed by atoms with Crippen molar-refractivity contribution in [1.82, 2.24) is 4.90 Å². The smallest absolute Gasteiger partial charge is 0.254 e. The first kappa shape index (κ1) is 17.4. The molecule has 0 unspecified atom stereocenters. The van der Waals surface area contributed by atoms with Crippen molar-refractivity contribution in [1.29, 1.82) is 5.26 Å². The van der Waals surface area contributed by atoms with Crippen molar-refractivity contribution >= 4 is 40.5 Å². The topological polar surface area (TPSA) is 73.4 Å². The van der Waals surface area contributed by atoms with E-state index < -0.39 is 0 Å². The molecule has 0 bridgehead atoms. The van der Waals surface area contributed by atoms with Crippen LogP contribution in [0.15, 0.2) is 36.4 Å². The summed E-state index contributed by atoms with van der Waals surface area (Å²) in [5.74, 6) is -0.0731. The summed E-state index contributed by atoms with van der Waals surface area (Å²) in [6, 6.07) is 12.4. The Bertz CT molecular complexity index is 855. The zero-order chi connectivity index (χ0) is 18.0. The largest absolute Gasteiger partial charge is 0.399 e. The SMILES string of the molecule is N#Cc1cc(N)ccc1N1CCN(C(=O)c2ccc(Cl)c(Cl)c2)CC1. The van der Waals surface area contributed by atoms with Gasteiger partial charge in [0.15, 0.2) is 0 Å². The van der Waals surface area contributed by atoms with Gasteiger partial charge < -0.3 is 15.5 Å². The van der Waals surface area contributed by atoms with Gasteiger partial charge in [-0.15, -0.1) is 0 Å². The van der Waals surface area contributed by atoms with E-state index in [9.17, 15) is 10.1 Å². The number of carbonyl (C=O) groups excluding carboxylic acids is 1. The molecule has 0 radical (unpaired) electrons. The molecule has 2 N–H and O–H groups in total. The standard InChI is InChI=1S/C18H16Cl2N4O/c19-15-3-1-12(10-16(15)20)18(25)24-7-5-23(6-8-24)17-4-2-14(22)9-13(17)11-21/h1-4,9-10H,5-8,22H2. The first-order valence-electron chi connectivity index (χ1n) is 7.78. The molecule has 1 amide bonds. The predicted molar refractivity (Wildman–Crippen MR) is 100 cm³/mol. The Labute approximate surface area is 156 Å². The van der Waals surface area contributed by atoms with Crippen LogP contribution in [0.3, 0.4) is 0 Å². The van der Waals surface area contributed by atoms with Crippen LogP contribution in [0.4, 0.5) is 11.4 Å². The van der Waals surface area contributed by atoms with Crippen LogP contribution in [0.5, 0.6) is 0 Å². The highest BCUT2D eigenvalue weighted by atomic mass is 35.5. The third-order valence-corrected chi connectivity index (χ3v) is 4.95. The molecule has 7 heteroatoms. The summed E-state index contributed by atoms with van der Waals surface area (Å²) in [7, 11) is 0. The summed E-state index contributed by atoms with van der Waals surface area (Å²) in [4.78, 5) is 16.5. The van der Waals surface area contributed by atoms with E-state index in [1.165, 1.54) is 0 Å². The van der Waals surface area contributed by atoms with E-state index in [4.69, 9.17) is 28.9 Å². The number of halogens is 2. The third kappa shape index (κ3) is 3.65. The highest BCUT2D eigenvalue weighted by molar-refractivity contribution is 6.42. The molecule has 0 spiro atoms. The Kier molecular flexibility index (Phi) is 5.03. The van der Waals surface area contributed by atoms with E-state index in [0.29, 0.717) is 53.0 Å². The fourth-order valence-corrected chi connectivity index (χ4v) is 3.18. The van der Waals surface area contributed by atoms with Crippen molar-refractivity contribution in [3.8, 4) is 6.07 Å². The van der Waals surface area contributed by atoms with Gasteiger partial charge in [0.05, 0.1) is 21.3 Å². The van der Waals surface area contributed by atoms with Crippen molar-refractivity contribution in [3.05, 3.63) is 57.6 Å². The minimum absolute atomic E-state index is 0.0731. The predicted octanol–water partition coefficient (Wildman–Crippen LogP) is 3.41. The van der Waals surface area contributed by atoms with Crippen molar-refractivity contribution < 1.29 is 4.79 Å². The minimum atomic E-state index is -0.0731. The van der Waals surface area contributed by atoms with E-state index >= 15 is 0 Å². The Morgan fingerprint density at radius 3 is 2.40 bits per heavy atom. The number of anilines is 2. The van der Waals surface area contributed by atoms with Crippen LogP contribution in [0, 0.1) is 11.3 Å². The number of hydrogen-bond donors (Lipinski definition) is 1. The Morgan fingerprint density at radius 2 is 1.76 bits per heavy atom. The van der Waals surface area contributed by atoms with Gasteiger partial charge in [-0.2, -0.15) is 5.26 Å². The van der Waals surface area contributed by atoms with Gasteiger partial charge in [-0.25, -0.2) is 0 Å². The Balaban J connectivity index is 1.70. The molecule has 0 saturated carbocycles. The molecule has 25 heavy (non-hydrogen) atoms. The maximum atomic E-state index is 12.6. The number of nitrogen functional groups attached to an aromatic ring is 1. The molecule has 128 valence electrons. The fourth-order valence-electron chi connectivity index (χ4n) is 2.88. The van der Waals surface area contributed by atoms with E-state index in [1.54, 1.807) is 35.2 Å². The average Bonchev–Trinajstić information content (AvgIpc) is 2.63. The van der Waals surface area contributed by atoms with Crippen LogP contribution in [0.25, 0.3) is 0 Å². The minimum Gasteiger partial charge on any atom is -0.399 e. The number of hydrogen-bond acceptors (Lipinski definition) is 4. The summed E-state index contributed by atoms with van der Waals surface area (Å²) < 4.78 is 0. The second-order valence-electron chi connectivity index (χ2n) is 5.80. The number of nitrogens with two attached hydrogens (primary N) is 1. The highest BCUT2D eigenvalue weighted by Crippen LogP contribution is 2.26. The molecule has 0 aromatic heterocycles. The second-order valence-corrected chi connectivity index (χ2v) is 6.61. The average molecular weight is 375 g/mol. The summed E-state index contributed by atoms with van der Waals surface area (Å²) in [5.41, 5.74) is 8.22. The van der Waals surface area contributed by atoms with Gasteiger partial charge in [-0.1, -0.05) is 23.2 Å². The second kappa shape index (κ2) is 7.22. The molecule has 1 saturated heterocycles. The number of nitriles is 1. The van der Waals surface area contributed by atoms with Gasteiger partial charge in [0.25, 0.3) is 5.91 Å². The Morgan fingerprint density at radius 1 is 1.04 bits per heavy atom. The van der Waals surface area contributed by atoms with E-state index in [1.807, 2.05) is 6.07 Å². The van der Waals surface area contributed by atoms with Crippen molar-refractivity contribution in [3.63, 3.8) is 0 Å². The van der Waals surface area contributed by atoms with Gasteiger partial charge in [-0.05, 0) is 36.4 Å². The molecule has 1 heterocycles. The lowest BCUT2D eigenvalue weighted by atomic mass is 10.1. The van der Waals surface area contributed by atoms with Crippen LogP contribution in [0.2, 0.25) is 10.0 Å². The van der Waals surface area contributed by atoms with Crippen molar-refractivity contribution in [2.45, 2.75) is 0 Å². The zero-order valence-corrected chi connectivity index (χ0v) is 14.9. The highest BCUT2D eigenvalue weighted by Gasteiger charge is 2.24. The number of benzene rings is 2. The van der Waals surface area contributed by atoms with Crippen LogP contribution in [0.1, 0.15) is 15.9 Å². The lowest BCUT2D eigenvalue weighted by Gasteiger charge is -2.36. The van der Waals surface area contributed by atoms with Crippen LogP contribution in [-0.4, -0.2) is 37.0 Å². The summed E-state index contributed by atoms with van der Waals surface area (Å²) in [6.07, 6.45) is 0. The summed E-state index contributed by atoms with van der Waals surface area (Å²) in [5, 5.41) is 10.1. The lowest BCUT2D eigenvalue weighted by molar-refractivity contribution is 0.0747. The molecule has 1 aliphatic rings. The van der Waals surface area contributed by atoms with Gasteiger partial charge >= 0.3 is 0 Å². The van der Waals surface area contributed by atoms with E-state index in [-0.39, 0.29) is 5.91 Å². The third-order valence-electron chi connectivity index (χ3n) is 4.22. The molecule has 3 rings (SSSR count). The van der Waals surface area contributed by atoms with Gasteiger partial charge in [0, 0.05) is 37.4 Å². The fraction of sp³-hybridized carbons (Fsp3) is 0.222. The van der Waals surface area contributed by atoms with Crippen LogP contribution < -0.4 is 10.6 Å². The summed E-state index contributed by atoms with van der Waals surface area (Å²) in [6.45, 7) is 2.42. The Hall–Kier alpha value is -2.42. The molecule has 5 nitrogen and oxygen atoms in total. The quantitative estimate of drug-likeness (QED) is 0.817. The lowest BCUT2D eigenvalue weighted by Crippen LogP contribution is -2.49. The molecular weight excluding hydrogens is 359 g/mol. The maximum Gasteiger partial charge on any atom is 0.254 e. The number of rotatable bonds is 2. The van der Waals surface area contributed by atoms with Crippen molar-refractivity contribution in [2.24, 2.45) is 0 Å². The normalized spacial score (nSPS) is 14.3. The molecule has 1 aliphatic heterocycles. The van der Waals surface area contributed by atoms with Gasteiger partial charge in [0.2, 0.25) is 0 Å². The molecule has 2 aromatic carbocycles. The molecule has 2 aromatic rings. The monoisotopic (exact) mass is 374 g/mol. The van der Waals surface area contributed by atoms with Crippen molar-refractivity contribution in [2.75, 3.05) is 36.8 Å². The number of amides is 1.